The number of hydrogen-bond donors (Lipinski definition) is 1. The fourth-order valence-corrected chi connectivity index (χ4v) is 1.60. The van der Waals surface area contributed by atoms with Gasteiger partial charge in [0.2, 0.25) is 0 Å². The van der Waals surface area contributed by atoms with E-state index in [0.29, 0.717) is 5.56 Å². The van der Waals surface area contributed by atoms with Crippen molar-refractivity contribution in [3.63, 3.8) is 0 Å². The molecule has 0 saturated heterocycles. The van der Waals surface area contributed by atoms with Crippen LogP contribution in [0, 0.1) is 5.82 Å². The summed E-state index contributed by atoms with van der Waals surface area (Å²) < 4.78 is 55.4. The van der Waals surface area contributed by atoms with Gasteiger partial charge in [0.1, 0.15) is 18.2 Å². The lowest BCUT2D eigenvalue weighted by atomic mass is 10.2. The first kappa shape index (κ1) is 14.2. The van der Waals surface area contributed by atoms with Gasteiger partial charge in [-0.05, 0) is 35.9 Å². The third-order valence-electron chi connectivity index (χ3n) is 2.64. The van der Waals surface area contributed by atoms with Crippen molar-refractivity contribution in [1.29, 1.82) is 0 Å². The zero-order chi connectivity index (χ0) is 14.8. The molecule has 0 aliphatic heterocycles. The predicted octanol–water partition coefficient (Wildman–Crippen LogP) is 4.01. The van der Waals surface area contributed by atoms with E-state index in [1.54, 1.807) is 0 Å². The van der Waals surface area contributed by atoms with Crippen molar-refractivity contribution < 1.29 is 22.3 Å². The molecule has 0 fully saturated rings. The average molecular weight is 285 g/mol. The highest BCUT2D eigenvalue weighted by atomic mass is 19.4. The lowest BCUT2D eigenvalue weighted by molar-refractivity contribution is -0.137. The van der Waals surface area contributed by atoms with Gasteiger partial charge in [0.15, 0.2) is 0 Å². The van der Waals surface area contributed by atoms with E-state index >= 15 is 0 Å². The van der Waals surface area contributed by atoms with E-state index in [4.69, 9.17) is 10.5 Å². The van der Waals surface area contributed by atoms with Gasteiger partial charge in [-0.25, -0.2) is 4.39 Å². The predicted molar refractivity (Wildman–Crippen MR) is 66.6 cm³/mol. The van der Waals surface area contributed by atoms with Crippen molar-refractivity contribution in [2.45, 2.75) is 12.8 Å². The first-order chi connectivity index (χ1) is 9.36. The van der Waals surface area contributed by atoms with Gasteiger partial charge < -0.3 is 10.5 Å². The third-order valence-corrected chi connectivity index (χ3v) is 2.64. The first-order valence-electron chi connectivity index (χ1n) is 5.70. The SMILES string of the molecule is Nc1cc(C(F)(F)F)ccc1OCc1ccc(F)cc1. The largest absolute Gasteiger partial charge is 0.487 e. The zero-order valence-electron chi connectivity index (χ0n) is 10.2. The summed E-state index contributed by atoms with van der Waals surface area (Å²) in [6, 6.07) is 8.48. The number of rotatable bonds is 3. The molecule has 6 heteroatoms. The molecule has 0 unspecified atom stereocenters. The van der Waals surface area contributed by atoms with Crippen molar-refractivity contribution in [2.24, 2.45) is 0 Å². The standard InChI is InChI=1S/C14H11F4NO/c15-11-4-1-9(2-5-11)8-20-13-6-3-10(7-12(13)19)14(16,17)18/h1-7H,8,19H2. The molecule has 2 aromatic carbocycles. The minimum atomic E-state index is -4.44. The van der Waals surface area contributed by atoms with Crippen molar-refractivity contribution in [3.05, 3.63) is 59.4 Å². The number of alkyl halides is 3. The Hall–Kier alpha value is -2.24. The Balaban J connectivity index is 2.08. The molecule has 20 heavy (non-hydrogen) atoms. The summed E-state index contributed by atoms with van der Waals surface area (Å²) in [5.74, 6) is -0.217. The van der Waals surface area contributed by atoms with Crippen molar-refractivity contribution in [3.8, 4) is 5.75 Å². The molecule has 2 aromatic rings. The lowest BCUT2D eigenvalue weighted by Crippen LogP contribution is -2.06. The van der Waals surface area contributed by atoms with Crippen molar-refractivity contribution >= 4 is 5.69 Å². The fourth-order valence-electron chi connectivity index (χ4n) is 1.60. The average Bonchev–Trinajstić information content (AvgIpc) is 2.38. The minimum Gasteiger partial charge on any atom is -0.487 e. The molecule has 0 heterocycles. The molecule has 0 aliphatic rings. The van der Waals surface area contributed by atoms with Gasteiger partial charge >= 0.3 is 6.18 Å². The minimum absolute atomic E-state index is 0.0931. The van der Waals surface area contributed by atoms with Crippen LogP contribution >= 0.6 is 0 Å². The van der Waals surface area contributed by atoms with Gasteiger partial charge in [0, 0.05) is 0 Å². The molecule has 0 aromatic heterocycles. The zero-order valence-corrected chi connectivity index (χ0v) is 10.2. The monoisotopic (exact) mass is 285 g/mol. The number of anilines is 1. The van der Waals surface area contributed by atoms with E-state index in [9.17, 15) is 17.6 Å². The van der Waals surface area contributed by atoms with Crippen LogP contribution in [0.2, 0.25) is 0 Å². The summed E-state index contributed by atoms with van der Waals surface area (Å²) in [4.78, 5) is 0. The number of halogens is 4. The van der Waals surface area contributed by atoms with E-state index in [1.807, 2.05) is 0 Å². The molecule has 2 nitrogen and oxygen atoms in total. The topological polar surface area (TPSA) is 35.2 Å². The summed E-state index contributed by atoms with van der Waals surface area (Å²) in [5.41, 5.74) is 5.28. The van der Waals surface area contributed by atoms with E-state index in [1.165, 1.54) is 30.3 Å². The highest BCUT2D eigenvalue weighted by molar-refractivity contribution is 5.54. The molecule has 106 valence electrons. The molecule has 0 atom stereocenters. The molecule has 0 amide bonds. The molecule has 0 saturated carbocycles. The fraction of sp³-hybridized carbons (Fsp3) is 0.143. The van der Waals surface area contributed by atoms with Crippen LogP contribution in [0.4, 0.5) is 23.2 Å². The molecule has 0 spiro atoms. The quantitative estimate of drug-likeness (QED) is 0.683. The van der Waals surface area contributed by atoms with Gasteiger partial charge in [-0.15, -0.1) is 0 Å². The van der Waals surface area contributed by atoms with Crippen LogP contribution in [-0.4, -0.2) is 0 Å². The Kier molecular flexibility index (Phi) is 3.83. The maximum atomic E-state index is 12.7. The molecule has 0 aliphatic carbocycles. The van der Waals surface area contributed by atoms with Crippen LogP contribution in [0.5, 0.6) is 5.75 Å². The van der Waals surface area contributed by atoms with Gasteiger partial charge in [0.25, 0.3) is 0 Å². The Labute approximate surface area is 112 Å². The van der Waals surface area contributed by atoms with Crippen LogP contribution in [0.3, 0.4) is 0 Å². The highest BCUT2D eigenvalue weighted by Gasteiger charge is 2.30. The van der Waals surface area contributed by atoms with E-state index < -0.39 is 11.7 Å². The van der Waals surface area contributed by atoms with Crippen molar-refractivity contribution in [1.82, 2.24) is 0 Å². The summed E-state index contributed by atoms with van der Waals surface area (Å²) in [5, 5.41) is 0. The summed E-state index contributed by atoms with van der Waals surface area (Å²) in [7, 11) is 0. The maximum absolute atomic E-state index is 12.7. The molecule has 2 rings (SSSR count). The lowest BCUT2D eigenvalue weighted by Gasteiger charge is -2.12. The summed E-state index contributed by atoms with van der Waals surface area (Å²) >= 11 is 0. The Morgan fingerprint density at radius 3 is 2.20 bits per heavy atom. The molecule has 0 bridgehead atoms. The van der Waals surface area contributed by atoms with Gasteiger partial charge in [0.05, 0.1) is 11.3 Å². The second-order valence-electron chi connectivity index (χ2n) is 4.17. The van der Waals surface area contributed by atoms with Gasteiger partial charge in [-0.1, -0.05) is 12.1 Å². The van der Waals surface area contributed by atoms with E-state index in [2.05, 4.69) is 0 Å². The molecule has 2 N–H and O–H groups in total. The number of nitrogen functional groups attached to an aromatic ring is 1. The Bertz CT molecular complexity index is 593. The first-order valence-corrected chi connectivity index (χ1v) is 5.70. The smallest absolute Gasteiger partial charge is 0.416 e. The second kappa shape index (κ2) is 5.40. The normalized spacial score (nSPS) is 11.4. The summed E-state index contributed by atoms with van der Waals surface area (Å²) in [6.45, 7) is 0.0931. The van der Waals surface area contributed by atoms with Gasteiger partial charge in [-0.2, -0.15) is 13.2 Å². The third kappa shape index (κ3) is 3.40. The van der Waals surface area contributed by atoms with Gasteiger partial charge in [-0.3, -0.25) is 0 Å². The van der Waals surface area contributed by atoms with Crippen LogP contribution in [0.1, 0.15) is 11.1 Å². The van der Waals surface area contributed by atoms with Crippen LogP contribution < -0.4 is 10.5 Å². The van der Waals surface area contributed by atoms with Crippen LogP contribution in [-0.2, 0) is 12.8 Å². The molecule has 0 radical (unpaired) electrons. The number of ether oxygens (including phenoxy) is 1. The van der Waals surface area contributed by atoms with Crippen molar-refractivity contribution in [2.75, 3.05) is 5.73 Å². The van der Waals surface area contributed by atoms with E-state index in [-0.39, 0.29) is 23.9 Å². The highest BCUT2D eigenvalue weighted by Crippen LogP contribution is 2.33. The number of hydrogen-bond acceptors (Lipinski definition) is 2. The van der Waals surface area contributed by atoms with E-state index in [0.717, 1.165) is 12.1 Å². The molecular formula is C14H11F4NO. The Morgan fingerprint density at radius 2 is 1.65 bits per heavy atom. The Morgan fingerprint density at radius 1 is 1.00 bits per heavy atom. The van der Waals surface area contributed by atoms with Crippen LogP contribution in [0.15, 0.2) is 42.5 Å². The van der Waals surface area contributed by atoms with Crippen LogP contribution in [0.25, 0.3) is 0 Å². The summed E-state index contributed by atoms with van der Waals surface area (Å²) in [6.07, 6.45) is -4.44. The maximum Gasteiger partial charge on any atom is 0.416 e. The second-order valence-corrected chi connectivity index (χ2v) is 4.17. The molecular weight excluding hydrogens is 274 g/mol. The number of nitrogens with two attached hydrogens (primary N) is 1. The number of benzene rings is 2.